The van der Waals surface area contributed by atoms with E-state index in [0.717, 1.165) is 0 Å². The van der Waals surface area contributed by atoms with Crippen molar-refractivity contribution in [3.05, 3.63) is 47.2 Å². The van der Waals surface area contributed by atoms with Gasteiger partial charge in [-0.25, -0.2) is 0 Å². The highest BCUT2D eigenvalue weighted by Crippen LogP contribution is 2.42. The van der Waals surface area contributed by atoms with Gasteiger partial charge < -0.3 is 10.4 Å². The SMILES string of the molecule is CC.CC.C[C@@H]1CC(O)(C(F)(F)F)NC2=C1C(=O)CCC2.N#Cc1ccccc1. The van der Waals surface area contributed by atoms with Crippen LogP contribution in [-0.4, -0.2) is 22.8 Å². The Kier molecular flexibility index (Phi) is 11.3. The maximum atomic E-state index is 12.7. The number of benzene rings is 1. The number of carbonyl (C=O) groups is 1. The van der Waals surface area contributed by atoms with Crippen molar-refractivity contribution in [2.24, 2.45) is 5.92 Å². The van der Waals surface area contributed by atoms with E-state index in [1.54, 1.807) is 19.1 Å². The number of hydrogen-bond donors (Lipinski definition) is 2. The summed E-state index contributed by atoms with van der Waals surface area (Å²) in [6.45, 7) is 9.55. The van der Waals surface area contributed by atoms with Crippen LogP contribution in [0.4, 0.5) is 13.2 Å². The summed E-state index contributed by atoms with van der Waals surface area (Å²) in [4.78, 5) is 11.6. The molecule has 0 amide bonds. The van der Waals surface area contributed by atoms with Gasteiger partial charge in [0.25, 0.3) is 0 Å². The molecule has 4 nitrogen and oxygen atoms in total. The van der Waals surface area contributed by atoms with Gasteiger partial charge in [-0.2, -0.15) is 18.4 Å². The lowest BCUT2D eigenvalue weighted by Gasteiger charge is -2.41. The second-order valence-electron chi connectivity index (χ2n) is 6.23. The number of nitrogens with zero attached hydrogens (tertiary/aromatic N) is 1. The summed E-state index contributed by atoms with van der Waals surface area (Å²) < 4.78 is 38.2. The summed E-state index contributed by atoms with van der Waals surface area (Å²) in [7, 11) is 0. The van der Waals surface area contributed by atoms with E-state index in [2.05, 4.69) is 5.32 Å². The second-order valence-corrected chi connectivity index (χ2v) is 6.23. The van der Waals surface area contributed by atoms with Crippen molar-refractivity contribution >= 4 is 5.78 Å². The summed E-state index contributed by atoms with van der Waals surface area (Å²) in [6, 6.07) is 11.2. The fraction of sp³-hybridized carbons (Fsp3) is 0.545. The fourth-order valence-electron chi connectivity index (χ4n) is 3.11. The Bertz CT molecular complexity index is 709. The van der Waals surface area contributed by atoms with Crippen LogP contribution in [0.15, 0.2) is 41.6 Å². The Morgan fingerprint density at radius 3 is 2.14 bits per heavy atom. The van der Waals surface area contributed by atoms with E-state index in [1.165, 1.54) is 0 Å². The van der Waals surface area contributed by atoms with Gasteiger partial charge in [-0.05, 0) is 30.9 Å². The first kappa shape index (κ1) is 26.7. The van der Waals surface area contributed by atoms with Gasteiger partial charge in [0.05, 0.1) is 11.6 Å². The molecule has 2 N–H and O–H groups in total. The highest BCUT2D eigenvalue weighted by molar-refractivity contribution is 5.97. The number of rotatable bonds is 0. The first-order valence-corrected chi connectivity index (χ1v) is 9.96. The highest BCUT2D eigenvalue weighted by atomic mass is 19.4. The lowest BCUT2D eigenvalue weighted by molar-refractivity contribution is -0.277. The fourth-order valence-corrected chi connectivity index (χ4v) is 3.11. The molecule has 2 atom stereocenters. The zero-order valence-electron chi connectivity index (χ0n) is 17.7. The van der Waals surface area contributed by atoms with Crippen molar-refractivity contribution in [1.29, 1.82) is 5.26 Å². The molecule has 0 spiro atoms. The molecule has 1 aliphatic heterocycles. The number of alkyl halides is 3. The number of nitrogens with one attached hydrogen (secondary N) is 1. The van der Waals surface area contributed by atoms with Crippen molar-refractivity contribution in [2.45, 2.75) is 72.2 Å². The Labute approximate surface area is 171 Å². The van der Waals surface area contributed by atoms with Crippen LogP contribution >= 0.6 is 0 Å². The molecule has 7 heteroatoms. The minimum Gasteiger partial charge on any atom is -0.364 e. The standard InChI is InChI=1S/C11H14F3NO2.C7H5N.2C2H6/c1-6-5-10(17,11(12,13)14)15-7-3-2-4-8(16)9(6)7;8-6-7-4-2-1-3-5-7;2*1-2/h6,15,17H,2-5H2,1H3;1-5H;2*1-2H3/t6-,10?;;;/m1.../s1. The van der Waals surface area contributed by atoms with Crippen LogP contribution in [-0.2, 0) is 4.79 Å². The van der Waals surface area contributed by atoms with Crippen molar-refractivity contribution in [1.82, 2.24) is 5.32 Å². The average molecular weight is 412 g/mol. The van der Waals surface area contributed by atoms with E-state index in [0.29, 0.717) is 30.4 Å². The Hall–Kier alpha value is -2.33. The molecule has 2 aliphatic rings. The van der Waals surface area contributed by atoms with Gasteiger partial charge in [-0.1, -0.05) is 52.8 Å². The minimum atomic E-state index is -4.74. The molecule has 1 heterocycles. The number of aliphatic hydroxyl groups is 1. The monoisotopic (exact) mass is 412 g/mol. The molecular weight excluding hydrogens is 381 g/mol. The van der Waals surface area contributed by atoms with E-state index in [9.17, 15) is 23.1 Å². The predicted molar refractivity (Wildman–Crippen MR) is 108 cm³/mol. The maximum absolute atomic E-state index is 12.7. The van der Waals surface area contributed by atoms with Crippen LogP contribution in [0.25, 0.3) is 0 Å². The van der Waals surface area contributed by atoms with Crippen molar-refractivity contribution < 1.29 is 23.1 Å². The largest absolute Gasteiger partial charge is 0.436 e. The van der Waals surface area contributed by atoms with E-state index in [4.69, 9.17) is 5.26 Å². The van der Waals surface area contributed by atoms with E-state index in [-0.39, 0.29) is 11.5 Å². The highest BCUT2D eigenvalue weighted by Gasteiger charge is 2.57. The number of carbonyl (C=O) groups excluding carboxylic acids is 1. The molecule has 0 aromatic heterocycles. The van der Waals surface area contributed by atoms with Crippen LogP contribution in [0.2, 0.25) is 0 Å². The van der Waals surface area contributed by atoms with E-state index >= 15 is 0 Å². The normalized spacial score (nSPS) is 22.8. The van der Waals surface area contributed by atoms with Crippen LogP contribution in [0.5, 0.6) is 0 Å². The number of ketones is 1. The average Bonchev–Trinajstić information content (AvgIpc) is 2.71. The van der Waals surface area contributed by atoms with Crippen molar-refractivity contribution in [3.8, 4) is 6.07 Å². The summed E-state index contributed by atoms with van der Waals surface area (Å²) in [5.41, 5.74) is -1.49. The Morgan fingerprint density at radius 1 is 1.14 bits per heavy atom. The molecule has 1 aromatic rings. The zero-order chi connectivity index (χ0) is 22.7. The van der Waals surface area contributed by atoms with Crippen molar-refractivity contribution in [3.63, 3.8) is 0 Å². The summed E-state index contributed by atoms with van der Waals surface area (Å²) in [5, 5.41) is 20.0. The van der Waals surface area contributed by atoms with Gasteiger partial charge >= 0.3 is 6.18 Å². The van der Waals surface area contributed by atoms with Gasteiger partial charge in [0.15, 0.2) is 5.78 Å². The number of hydrogen-bond acceptors (Lipinski definition) is 4. The number of Topliss-reactive ketones (excluding diaryl/α,β-unsaturated/α-hetero) is 1. The molecule has 0 radical (unpaired) electrons. The molecule has 0 fully saturated rings. The smallest absolute Gasteiger partial charge is 0.364 e. The quantitative estimate of drug-likeness (QED) is 0.591. The molecule has 29 heavy (non-hydrogen) atoms. The van der Waals surface area contributed by atoms with Crippen LogP contribution in [0.3, 0.4) is 0 Å². The molecule has 0 bridgehead atoms. The van der Waals surface area contributed by atoms with E-state index < -0.39 is 24.2 Å². The first-order valence-electron chi connectivity index (χ1n) is 9.96. The molecule has 1 aromatic carbocycles. The Balaban J connectivity index is 0.000000547. The first-order chi connectivity index (χ1) is 13.7. The molecule has 1 unspecified atom stereocenters. The number of halogens is 3. The molecule has 0 saturated carbocycles. The third-order valence-electron chi connectivity index (χ3n) is 4.28. The van der Waals surface area contributed by atoms with Crippen LogP contribution in [0.1, 0.15) is 65.9 Å². The number of allylic oxidation sites excluding steroid dienone is 2. The van der Waals surface area contributed by atoms with Gasteiger partial charge in [0.2, 0.25) is 5.72 Å². The topological polar surface area (TPSA) is 73.1 Å². The van der Waals surface area contributed by atoms with Gasteiger partial charge in [0, 0.05) is 24.1 Å². The number of nitriles is 1. The van der Waals surface area contributed by atoms with E-state index in [1.807, 2.05) is 52.0 Å². The minimum absolute atomic E-state index is 0.101. The predicted octanol–water partition coefficient (Wildman–Crippen LogP) is 5.48. The molecular formula is C22H31F3N2O2. The molecule has 162 valence electrons. The lowest BCUT2D eigenvalue weighted by Crippen LogP contribution is -2.60. The zero-order valence-corrected chi connectivity index (χ0v) is 17.7. The molecule has 3 rings (SSSR count). The second kappa shape index (κ2) is 12.3. The summed E-state index contributed by atoms with van der Waals surface area (Å²) >= 11 is 0. The summed E-state index contributed by atoms with van der Waals surface area (Å²) in [6.07, 6.45) is -3.94. The van der Waals surface area contributed by atoms with Crippen molar-refractivity contribution in [2.75, 3.05) is 0 Å². The molecule has 1 aliphatic carbocycles. The van der Waals surface area contributed by atoms with Crippen LogP contribution in [0, 0.1) is 17.2 Å². The van der Waals surface area contributed by atoms with Crippen LogP contribution < -0.4 is 5.32 Å². The molecule has 0 saturated heterocycles. The third-order valence-corrected chi connectivity index (χ3v) is 4.28. The Morgan fingerprint density at radius 2 is 1.69 bits per heavy atom. The third kappa shape index (κ3) is 7.21. The maximum Gasteiger partial charge on any atom is 0.436 e. The van der Waals surface area contributed by atoms with Gasteiger partial charge in [-0.15, -0.1) is 0 Å². The summed E-state index contributed by atoms with van der Waals surface area (Å²) in [5.74, 6) is -0.666. The van der Waals surface area contributed by atoms with Gasteiger partial charge in [0.1, 0.15) is 0 Å². The van der Waals surface area contributed by atoms with Gasteiger partial charge in [-0.3, -0.25) is 4.79 Å². The lowest BCUT2D eigenvalue weighted by atomic mass is 9.79.